The number of morpholine rings is 1. The molecule has 1 fully saturated rings. The fourth-order valence-electron chi connectivity index (χ4n) is 3.03. The summed E-state index contributed by atoms with van der Waals surface area (Å²) in [5.74, 6) is 0.887. The minimum atomic E-state index is -3.25. The Morgan fingerprint density at radius 2 is 1.96 bits per heavy atom. The highest BCUT2D eigenvalue weighted by molar-refractivity contribution is 7.89. The van der Waals surface area contributed by atoms with Crippen molar-refractivity contribution in [1.29, 1.82) is 0 Å². The van der Waals surface area contributed by atoms with Crippen LogP contribution in [0.2, 0.25) is 0 Å². The fraction of sp³-hybridized carbons (Fsp3) is 0.353. The van der Waals surface area contributed by atoms with Crippen molar-refractivity contribution in [1.82, 2.24) is 15.3 Å². The second-order valence-electron chi connectivity index (χ2n) is 6.48. The fourth-order valence-corrected chi connectivity index (χ4v) is 3.72. The van der Waals surface area contributed by atoms with E-state index in [0.29, 0.717) is 60.6 Å². The molecule has 2 aromatic rings. The van der Waals surface area contributed by atoms with Crippen LogP contribution in [0.25, 0.3) is 11.4 Å². The van der Waals surface area contributed by atoms with Gasteiger partial charge in [0.15, 0.2) is 15.7 Å². The number of aromatic nitrogens is 2. The average Bonchev–Trinajstić information content (AvgIpc) is 3.00. The summed E-state index contributed by atoms with van der Waals surface area (Å²) in [5, 5.41) is 6.54. The van der Waals surface area contributed by atoms with Crippen LogP contribution in [0.4, 0.5) is 22.0 Å². The van der Waals surface area contributed by atoms with Crippen LogP contribution in [0.5, 0.6) is 0 Å². The van der Waals surface area contributed by atoms with E-state index in [4.69, 9.17) is 4.74 Å². The molecule has 0 spiro atoms. The Bertz CT molecular complexity index is 1000. The molecule has 141 valence electrons. The highest BCUT2D eigenvalue weighted by Gasteiger charge is 2.21. The summed E-state index contributed by atoms with van der Waals surface area (Å²) < 4.78 is 28.9. The number of fused-ring (bicyclic) bond motifs is 1. The van der Waals surface area contributed by atoms with Gasteiger partial charge in [0.25, 0.3) is 0 Å². The Balaban J connectivity index is 1.76. The van der Waals surface area contributed by atoms with Gasteiger partial charge in [0, 0.05) is 31.0 Å². The van der Waals surface area contributed by atoms with Crippen molar-refractivity contribution in [2.45, 2.75) is 5.75 Å². The van der Waals surface area contributed by atoms with E-state index >= 15 is 0 Å². The van der Waals surface area contributed by atoms with E-state index in [2.05, 4.69) is 20.6 Å². The molecule has 10 heteroatoms. The van der Waals surface area contributed by atoms with Gasteiger partial charge in [-0.25, -0.2) is 23.2 Å². The summed E-state index contributed by atoms with van der Waals surface area (Å²) in [6.07, 6.45) is 1.18. The van der Waals surface area contributed by atoms with Gasteiger partial charge < -0.3 is 15.0 Å². The van der Waals surface area contributed by atoms with Gasteiger partial charge in [-0.15, -0.1) is 0 Å². The molecule has 0 atom stereocenters. The molecule has 2 aliphatic heterocycles. The van der Waals surface area contributed by atoms with Gasteiger partial charge in [0.2, 0.25) is 0 Å². The van der Waals surface area contributed by atoms with E-state index in [0.717, 1.165) is 0 Å². The van der Waals surface area contributed by atoms with E-state index < -0.39 is 15.9 Å². The molecule has 0 unspecified atom stereocenters. The third-order valence-electron chi connectivity index (χ3n) is 4.23. The van der Waals surface area contributed by atoms with Crippen molar-refractivity contribution in [3.63, 3.8) is 0 Å². The van der Waals surface area contributed by atoms with E-state index in [1.165, 1.54) is 6.26 Å². The van der Waals surface area contributed by atoms with Crippen LogP contribution in [0.1, 0.15) is 5.69 Å². The van der Waals surface area contributed by atoms with Crippen LogP contribution in [-0.4, -0.2) is 57.0 Å². The minimum Gasteiger partial charge on any atom is -0.378 e. The van der Waals surface area contributed by atoms with Crippen molar-refractivity contribution in [3.8, 4) is 11.4 Å². The van der Waals surface area contributed by atoms with Crippen molar-refractivity contribution < 1.29 is 17.9 Å². The van der Waals surface area contributed by atoms with Gasteiger partial charge in [-0.05, 0) is 18.2 Å². The molecule has 2 aliphatic rings. The summed E-state index contributed by atoms with van der Waals surface area (Å²) in [6.45, 7) is 2.53. The standard InChI is InChI=1S/C17H18N5O4S/c1-27(24,25)10-12-9-15(22-4-6-26-7-5-22)21-16(18-12)11-2-3-13-14(8-11)20-17(23)19-13/h2-3,8-9H,4-7,10H2,1H3,(H,19,23). The van der Waals surface area contributed by atoms with E-state index in [9.17, 15) is 13.2 Å². The number of anilines is 2. The Hall–Kier alpha value is -2.72. The van der Waals surface area contributed by atoms with Crippen LogP contribution in [-0.2, 0) is 20.3 Å². The quantitative estimate of drug-likeness (QED) is 0.839. The Kier molecular flexibility index (Phi) is 4.44. The molecule has 1 saturated heterocycles. The van der Waals surface area contributed by atoms with E-state index in [1.807, 2.05) is 4.90 Å². The first-order valence-electron chi connectivity index (χ1n) is 8.43. The van der Waals surface area contributed by atoms with E-state index in [-0.39, 0.29) is 5.75 Å². The zero-order valence-electron chi connectivity index (χ0n) is 14.7. The number of sulfone groups is 1. The molecular formula is C17H18N5O4S. The molecule has 1 aromatic heterocycles. The second-order valence-corrected chi connectivity index (χ2v) is 8.62. The molecule has 3 heterocycles. The number of rotatable bonds is 4. The molecule has 0 aliphatic carbocycles. The number of hydrogen-bond acceptors (Lipinski definition) is 7. The van der Waals surface area contributed by atoms with Crippen LogP contribution in [0.15, 0.2) is 24.3 Å². The molecule has 1 N–H and O–H groups in total. The number of ether oxygens (including phenoxy) is 1. The van der Waals surface area contributed by atoms with Gasteiger partial charge in [0.1, 0.15) is 5.82 Å². The van der Waals surface area contributed by atoms with Gasteiger partial charge in [0.05, 0.1) is 36.0 Å². The first-order valence-corrected chi connectivity index (χ1v) is 10.5. The SMILES string of the molecule is CS(=O)(=O)Cc1cc(N2CCOCC2)nc(-c2ccc3c(c2)[N]C(=O)N3)n1. The summed E-state index contributed by atoms with van der Waals surface area (Å²) in [7, 11) is -3.25. The number of nitrogens with zero attached hydrogens (tertiary/aromatic N) is 4. The number of hydrogen-bond donors (Lipinski definition) is 1. The number of nitrogens with one attached hydrogen (secondary N) is 1. The molecule has 0 bridgehead atoms. The first kappa shape index (κ1) is 17.7. The molecule has 4 rings (SSSR count). The largest absolute Gasteiger partial charge is 0.378 e. The van der Waals surface area contributed by atoms with Gasteiger partial charge >= 0.3 is 6.03 Å². The van der Waals surface area contributed by atoms with Crippen LogP contribution in [0, 0.1) is 0 Å². The Labute approximate surface area is 156 Å². The van der Waals surface area contributed by atoms with Crippen molar-refractivity contribution in [3.05, 3.63) is 30.0 Å². The molecule has 2 amide bonds. The lowest BCUT2D eigenvalue weighted by Gasteiger charge is -2.28. The van der Waals surface area contributed by atoms with Crippen molar-refractivity contribution in [2.75, 3.05) is 42.8 Å². The summed E-state index contributed by atoms with van der Waals surface area (Å²) in [4.78, 5) is 22.5. The van der Waals surface area contributed by atoms with Gasteiger partial charge in [-0.3, -0.25) is 0 Å². The topological polar surface area (TPSA) is 116 Å². The van der Waals surface area contributed by atoms with Crippen LogP contribution >= 0.6 is 0 Å². The monoisotopic (exact) mass is 388 g/mol. The summed E-state index contributed by atoms with van der Waals surface area (Å²) in [5.41, 5.74) is 2.24. The van der Waals surface area contributed by atoms with Gasteiger partial charge in [-0.1, -0.05) is 0 Å². The maximum atomic E-state index is 11.8. The zero-order chi connectivity index (χ0) is 19.0. The Morgan fingerprint density at radius 1 is 1.19 bits per heavy atom. The van der Waals surface area contributed by atoms with E-state index in [1.54, 1.807) is 24.3 Å². The smallest absolute Gasteiger partial charge is 0.346 e. The molecule has 27 heavy (non-hydrogen) atoms. The number of carbonyl (C=O) groups is 1. The van der Waals surface area contributed by atoms with Crippen molar-refractivity contribution >= 4 is 33.1 Å². The third kappa shape index (κ3) is 4.01. The normalized spacial score (nSPS) is 16.6. The molecule has 0 saturated carbocycles. The van der Waals surface area contributed by atoms with Crippen LogP contribution < -0.4 is 15.5 Å². The van der Waals surface area contributed by atoms with Gasteiger partial charge in [-0.2, -0.15) is 5.32 Å². The number of amides is 2. The Morgan fingerprint density at radius 3 is 2.70 bits per heavy atom. The highest BCUT2D eigenvalue weighted by Crippen LogP contribution is 2.32. The molecule has 1 radical (unpaired) electrons. The minimum absolute atomic E-state index is 0.171. The third-order valence-corrected chi connectivity index (χ3v) is 5.05. The maximum Gasteiger partial charge on any atom is 0.346 e. The lowest BCUT2D eigenvalue weighted by atomic mass is 10.1. The summed E-state index contributed by atoms with van der Waals surface area (Å²) >= 11 is 0. The second kappa shape index (κ2) is 6.78. The predicted molar refractivity (Wildman–Crippen MR) is 99.9 cm³/mol. The molecule has 9 nitrogen and oxygen atoms in total. The number of urea groups is 1. The molecular weight excluding hydrogens is 370 g/mol. The lowest BCUT2D eigenvalue weighted by Crippen LogP contribution is -2.37. The number of carbonyl (C=O) groups excluding carboxylic acids is 1. The lowest BCUT2D eigenvalue weighted by molar-refractivity contribution is 0.122. The number of benzene rings is 1. The summed E-state index contributed by atoms with van der Waals surface area (Å²) in [6, 6.07) is 6.53. The van der Waals surface area contributed by atoms with Crippen molar-refractivity contribution in [2.24, 2.45) is 0 Å². The zero-order valence-corrected chi connectivity index (χ0v) is 15.5. The average molecular weight is 388 g/mol. The van der Waals surface area contributed by atoms with Crippen LogP contribution in [0.3, 0.4) is 0 Å². The predicted octanol–water partition coefficient (Wildman–Crippen LogP) is 1.31. The first-order chi connectivity index (χ1) is 12.9. The molecule has 1 aromatic carbocycles. The highest BCUT2D eigenvalue weighted by atomic mass is 32.2. The maximum absolute atomic E-state index is 11.8.